The summed E-state index contributed by atoms with van der Waals surface area (Å²) in [7, 11) is 0. The van der Waals surface area contributed by atoms with Crippen molar-refractivity contribution in [2.24, 2.45) is 0 Å². The number of aliphatic hydroxyl groups is 1. The first-order valence-electron chi connectivity index (χ1n) is 5.11. The molecule has 4 nitrogen and oxygen atoms in total. The molecule has 1 aromatic carbocycles. The van der Waals surface area contributed by atoms with Gasteiger partial charge in [0.05, 0.1) is 35.5 Å². The maximum atomic E-state index is 12.6. The predicted octanol–water partition coefficient (Wildman–Crippen LogP) is 1.69. The van der Waals surface area contributed by atoms with E-state index in [1.807, 2.05) is 0 Å². The molecule has 1 N–H and O–H groups in total. The molecule has 1 saturated heterocycles. The van der Waals surface area contributed by atoms with Crippen molar-refractivity contribution in [2.75, 3.05) is 18.2 Å². The van der Waals surface area contributed by atoms with Gasteiger partial charge < -0.3 is 5.11 Å². The van der Waals surface area contributed by atoms with Gasteiger partial charge in [0.1, 0.15) is 6.61 Å². The molecule has 1 aliphatic heterocycles. The molecule has 0 spiro atoms. The standard InChI is InChI=1S/C11H9F3N2O2/c12-11(13,14)10-2-1-8(3-7(10)4-15)16-5-9(17)6-18-16/h1-3,9,17H,5-6H2. The molecule has 18 heavy (non-hydrogen) atoms. The van der Waals surface area contributed by atoms with Gasteiger partial charge in [-0.15, -0.1) is 0 Å². The number of β-amino-alcohol motifs (C(OH)–C–C–N with tert-alkyl or cyclic N) is 1. The van der Waals surface area contributed by atoms with Crippen LogP contribution in [-0.4, -0.2) is 24.4 Å². The third-order valence-electron chi connectivity index (χ3n) is 2.52. The third kappa shape index (κ3) is 2.39. The lowest BCUT2D eigenvalue weighted by molar-refractivity contribution is -0.137. The Morgan fingerprint density at radius 2 is 2.17 bits per heavy atom. The zero-order valence-electron chi connectivity index (χ0n) is 9.11. The monoisotopic (exact) mass is 258 g/mol. The number of aliphatic hydroxyl groups excluding tert-OH is 1. The fourth-order valence-corrected chi connectivity index (χ4v) is 1.68. The molecule has 0 saturated carbocycles. The second kappa shape index (κ2) is 4.48. The largest absolute Gasteiger partial charge is 0.417 e. The number of benzene rings is 1. The molecular formula is C11H9F3N2O2. The van der Waals surface area contributed by atoms with Crippen molar-refractivity contribution in [3.05, 3.63) is 29.3 Å². The van der Waals surface area contributed by atoms with E-state index >= 15 is 0 Å². The van der Waals surface area contributed by atoms with Gasteiger partial charge in [0.2, 0.25) is 0 Å². The Kier molecular flexibility index (Phi) is 3.15. The maximum Gasteiger partial charge on any atom is 0.417 e. The van der Waals surface area contributed by atoms with Crippen molar-refractivity contribution in [2.45, 2.75) is 12.3 Å². The summed E-state index contributed by atoms with van der Waals surface area (Å²) in [5.41, 5.74) is -1.13. The molecule has 1 fully saturated rings. The molecule has 1 aromatic rings. The van der Waals surface area contributed by atoms with Gasteiger partial charge in [0.15, 0.2) is 0 Å². The zero-order valence-corrected chi connectivity index (χ0v) is 9.11. The van der Waals surface area contributed by atoms with Crippen molar-refractivity contribution < 1.29 is 23.1 Å². The van der Waals surface area contributed by atoms with Crippen molar-refractivity contribution in [1.29, 1.82) is 5.26 Å². The second-order valence-electron chi connectivity index (χ2n) is 3.85. The molecule has 0 aromatic heterocycles. The van der Waals surface area contributed by atoms with E-state index in [-0.39, 0.29) is 13.2 Å². The summed E-state index contributed by atoms with van der Waals surface area (Å²) in [6.45, 7) is 0.249. The molecular weight excluding hydrogens is 249 g/mol. The number of alkyl halides is 3. The third-order valence-corrected chi connectivity index (χ3v) is 2.52. The fraction of sp³-hybridized carbons (Fsp3) is 0.364. The smallest absolute Gasteiger partial charge is 0.389 e. The van der Waals surface area contributed by atoms with Crippen LogP contribution in [0.15, 0.2) is 18.2 Å². The van der Waals surface area contributed by atoms with Gasteiger partial charge in [-0.25, -0.2) is 0 Å². The summed E-state index contributed by atoms with van der Waals surface area (Å²) < 4.78 is 37.7. The van der Waals surface area contributed by atoms with E-state index in [0.717, 1.165) is 12.1 Å². The van der Waals surface area contributed by atoms with Crippen LogP contribution in [-0.2, 0) is 11.0 Å². The Labute approximate surface area is 101 Å². The Balaban J connectivity index is 2.34. The molecule has 0 amide bonds. The fourth-order valence-electron chi connectivity index (χ4n) is 1.68. The Morgan fingerprint density at radius 3 is 2.67 bits per heavy atom. The van der Waals surface area contributed by atoms with E-state index in [4.69, 9.17) is 10.1 Å². The van der Waals surface area contributed by atoms with E-state index in [2.05, 4.69) is 0 Å². The average Bonchev–Trinajstić information content (AvgIpc) is 2.74. The molecule has 7 heteroatoms. The highest BCUT2D eigenvalue weighted by molar-refractivity contribution is 5.54. The summed E-state index contributed by atoms with van der Waals surface area (Å²) in [6, 6.07) is 4.66. The van der Waals surface area contributed by atoms with Crippen LogP contribution in [0, 0.1) is 11.3 Å². The number of anilines is 1. The molecule has 1 unspecified atom stereocenters. The molecule has 2 rings (SSSR count). The maximum absolute atomic E-state index is 12.6. The van der Waals surface area contributed by atoms with Crippen LogP contribution in [0.4, 0.5) is 18.9 Å². The molecule has 1 heterocycles. The predicted molar refractivity (Wildman–Crippen MR) is 55.5 cm³/mol. The lowest BCUT2D eigenvalue weighted by atomic mass is 10.1. The molecule has 96 valence electrons. The second-order valence-corrected chi connectivity index (χ2v) is 3.85. The number of hydrogen-bond donors (Lipinski definition) is 1. The zero-order chi connectivity index (χ0) is 13.3. The van der Waals surface area contributed by atoms with Gasteiger partial charge in [-0.3, -0.25) is 9.90 Å². The van der Waals surface area contributed by atoms with E-state index in [1.54, 1.807) is 0 Å². The number of nitriles is 1. The van der Waals surface area contributed by atoms with E-state index in [1.165, 1.54) is 17.2 Å². The van der Waals surface area contributed by atoms with Gasteiger partial charge in [-0.05, 0) is 18.2 Å². The first kappa shape index (κ1) is 12.7. The molecule has 1 atom stereocenters. The number of hydrogen-bond acceptors (Lipinski definition) is 4. The first-order chi connectivity index (χ1) is 8.41. The topological polar surface area (TPSA) is 56.5 Å². The molecule has 0 radical (unpaired) electrons. The minimum atomic E-state index is -4.56. The summed E-state index contributed by atoms with van der Waals surface area (Å²) in [4.78, 5) is 5.07. The van der Waals surface area contributed by atoms with Crippen molar-refractivity contribution in [3.8, 4) is 6.07 Å². The summed E-state index contributed by atoms with van der Waals surface area (Å²) in [5.74, 6) is 0. The average molecular weight is 258 g/mol. The Hall–Kier alpha value is -1.78. The number of nitrogens with zero attached hydrogens (tertiary/aromatic N) is 2. The summed E-state index contributed by atoms with van der Waals surface area (Å²) in [6.07, 6.45) is -5.24. The van der Waals surface area contributed by atoms with Crippen LogP contribution in [0.1, 0.15) is 11.1 Å². The van der Waals surface area contributed by atoms with Crippen molar-refractivity contribution >= 4 is 5.69 Å². The lowest BCUT2D eigenvalue weighted by Gasteiger charge is -2.17. The molecule has 1 aliphatic rings. The number of hydroxylamine groups is 1. The van der Waals surface area contributed by atoms with E-state index < -0.39 is 23.4 Å². The Bertz CT molecular complexity index is 496. The van der Waals surface area contributed by atoms with Crippen LogP contribution in [0.5, 0.6) is 0 Å². The van der Waals surface area contributed by atoms with Gasteiger partial charge in [-0.2, -0.15) is 18.4 Å². The van der Waals surface area contributed by atoms with Crippen LogP contribution in [0.25, 0.3) is 0 Å². The van der Waals surface area contributed by atoms with Crippen LogP contribution >= 0.6 is 0 Å². The minimum absolute atomic E-state index is 0.0862. The van der Waals surface area contributed by atoms with Gasteiger partial charge >= 0.3 is 6.18 Å². The number of halogens is 3. The Morgan fingerprint density at radius 1 is 1.44 bits per heavy atom. The van der Waals surface area contributed by atoms with Gasteiger partial charge in [0, 0.05) is 0 Å². The summed E-state index contributed by atoms with van der Waals surface area (Å²) >= 11 is 0. The first-order valence-corrected chi connectivity index (χ1v) is 5.11. The molecule has 0 aliphatic carbocycles. The lowest BCUT2D eigenvalue weighted by Crippen LogP contribution is -2.20. The SMILES string of the molecule is N#Cc1cc(N2CC(O)CO2)ccc1C(F)(F)F. The van der Waals surface area contributed by atoms with Crippen LogP contribution in [0.2, 0.25) is 0 Å². The van der Waals surface area contributed by atoms with E-state index in [0.29, 0.717) is 5.69 Å². The normalized spacial score (nSPS) is 19.9. The highest BCUT2D eigenvalue weighted by atomic mass is 19.4. The quantitative estimate of drug-likeness (QED) is 0.832. The highest BCUT2D eigenvalue weighted by Gasteiger charge is 2.34. The van der Waals surface area contributed by atoms with Gasteiger partial charge in [0.25, 0.3) is 0 Å². The van der Waals surface area contributed by atoms with Crippen molar-refractivity contribution in [1.82, 2.24) is 0 Å². The van der Waals surface area contributed by atoms with Crippen LogP contribution in [0.3, 0.4) is 0 Å². The van der Waals surface area contributed by atoms with Crippen LogP contribution < -0.4 is 5.06 Å². The highest BCUT2D eigenvalue weighted by Crippen LogP contribution is 2.34. The van der Waals surface area contributed by atoms with E-state index in [9.17, 15) is 18.3 Å². The van der Waals surface area contributed by atoms with Crippen molar-refractivity contribution in [3.63, 3.8) is 0 Å². The van der Waals surface area contributed by atoms with Gasteiger partial charge in [-0.1, -0.05) is 0 Å². The number of rotatable bonds is 1. The minimum Gasteiger partial charge on any atom is -0.389 e. The molecule has 0 bridgehead atoms. The summed E-state index contributed by atoms with van der Waals surface area (Å²) in [5, 5.41) is 19.3.